The minimum Gasteiger partial charge on any atom is -0.383 e. The summed E-state index contributed by atoms with van der Waals surface area (Å²) in [5.74, 6) is -0.180. The molecule has 0 aliphatic carbocycles. The Kier molecular flexibility index (Phi) is 7.89. The third-order valence-corrected chi connectivity index (χ3v) is 5.13. The summed E-state index contributed by atoms with van der Waals surface area (Å²) in [6.45, 7) is 4.61. The van der Waals surface area contributed by atoms with Crippen molar-refractivity contribution in [3.63, 3.8) is 0 Å². The second-order valence-corrected chi connectivity index (χ2v) is 7.33. The highest BCUT2D eigenvalue weighted by Crippen LogP contribution is 2.22. The van der Waals surface area contributed by atoms with Crippen LogP contribution in [0.2, 0.25) is 0 Å². The van der Waals surface area contributed by atoms with Crippen molar-refractivity contribution in [2.24, 2.45) is 0 Å². The van der Waals surface area contributed by atoms with Crippen LogP contribution >= 0.6 is 11.8 Å². The van der Waals surface area contributed by atoms with Gasteiger partial charge in [-0.2, -0.15) is 0 Å². The van der Waals surface area contributed by atoms with Crippen molar-refractivity contribution in [2.75, 3.05) is 36.6 Å². The van der Waals surface area contributed by atoms with E-state index in [-0.39, 0.29) is 36.3 Å². The lowest BCUT2D eigenvalue weighted by Gasteiger charge is -2.24. The fourth-order valence-electron chi connectivity index (χ4n) is 2.69. The average Bonchev–Trinajstić information content (AvgIpc) is 2.66. The lowest BCUT2D eigenvalue weighted by Crippen LogP contribution is -2.43. The monoisotopic (exact) mass is 406 g/mol. The highest BCUT2D eigenvalue weighted by atomic mass is 32.2. The number of carbonyl (C=O) groups excluding carboxylic acids is 1. The summed E-state index contributed by atoms with van der Waals surface area (Å²) in [6, 6.07) is 7.82. The highest BCUT2D eigenvalue weighted by Gasteiger charge is 2.24. The van der Waals surface area contributed by atoms with E-state index in [4.69, 9.17) is 10.5 Å². The molecular weight excluding hydrogens is 380 g/mol. The number of nitrogens with zero attached hydrogens (tertiary/aromatic N) is 2. The summed E-state index contributed by atoms with van der Waals surface area (Å²) >= 11 is 1.37. The third-order valence-electron chi connectivity index (χ3n) is 4.13. The van der Waals surface area contributed by atoms with Gasteiger partial charge in [0, 0.05) is 25.1 Å². The molecular formula is C19H26N4O4S. The molecule has 3 N–H and O–H groups in total. The van der Waals surface area contributed by atoms with E-state index in [1.807, 2.05) is 38.1 Å². The number of nitrogens with one attached hydrogen (secondary N) is 1. The van der Waals surface area contributed by atoms with Gasteiger partial charge in [-0.1, -0.05) is 24.6 Å². The normalized spacial score (nSPS) is 10.8. The fourth-order valence-corrected chi connectivity index (χ4v) is 3.46. The summed E-state index contributed by atoms with van der Waals surface area (Å²) in [4.78, 5) is 41.9. The molecule has 0 unspecified atom stereocenters. The van der Waals surface area contributed by atoms with Crippen LogP contribution in [-0.4, -0.2) is 41.5 Å². The number of nitrogen functional groups attached to an aromatic ring is 1. The van der Waals surface area contributed by atoms with Crippen LogP contribution in [-0.2, 0) is 16.1 Å². The Morgan fingerprint density at radius 2 is 1.96 bits per heavy atom. The van der Waals surface area contributed by atoms with Crippen LogP contribution < -0.4 is 21.9 Å². The number of hydrogen-bond acceptors (Lipinski definition) is 6. The Labute approximate surface area is 167 Å². The Morgan fingerprint density at radius 3 is 2.57 bits per heavy atom. The number of aromatic nitrogens is 2. The van der Waals surface area contributed by atoms with Crippen LogP contribution in [0.5, 0.6) is 0 Å². The van der Waals surface area contributed by atoms with Crippen LogP contribution in [0.15, 0.2) is 38.8 Å². The second-order valence-electron chi connectivity index (χ2n) is 6.28. The number of methoxy groups -OCH3 is 1. The summed E-state index contributed by atoms with van der Waals surface area (Å²) in [7, 11) is 1.51. The van der Waals surface area contributed by atoms with Gasteiger partial charge in [0.25, 0.3) is 5.56 Å². The molecule has 152 valence electrons. The second kappa shape index (κ2) is 10.1. The van der Waals surface area contributed by atoms with Gasteiger partial charge in [-0.25, -0.2) is 4.79 Å². The quantitative estimate of drug-likeness (QED) is 0.612. The van der Waals surface area contributed by atoms with E-state index in [9.17, 15) is 14.4 Å². The smallest absolute Gasteiger partial charge is 0.330 e. The highest BCUT2D eigenvalue weighted by molar-refractivity contribution is 8.00. The van der Waals surface area contributed by atoms with E-state index in [2.05, 4.69) is 4.98 Å². The number of nitrogens with two attached hydrogens (primary N) is 1. The van der Waals surface area contributed by atoms with Crippen molar-refractivity contribution in [1.82, 2.24) is 9.55 Å². The molecule has 28 heavy (non-hydrogen) atoms. The third kappa shape index (κ3) is 5.26. The maximum absolute atomic E-state index is 12.9. The first-order valence-corrected chi connectivity index (χ1v) is 9.99. The molecule has 0 saturated heterocycles. The predicted molar refractivity (Wildman–Crippen MR) is 112 cm³/mol. The first-order valence-electron chi connectivity index (χ1n) is 9.00. The molecule has 1 amide bonds. The van der Waals surface area contributed by atoms with Crippen LogP contribution in [0, 0.1) is 6.92 Å². The van der Waals surface area contributed by atoms with Gasteiger partial charge in [-0.3, -0.25) is 19.1 Å². The van der Waals surface area contributed by atoms with E-state index in [0.29, 0.717) is 13.0 Å². The summed E-state index contributed by atoms with van der Waals surface area (Å²) in [5.41, 5.74) is 5.96. The van der Waals surface area contributed by atoms with E-state index >= 15 is 0 Å². The lowest BCUT2D eigenvalue weighted by molar-refractivity contribution is -0.116. The molecule has 2 aromatic rings. The number of ether oxygens (including phenoxy) is 1. The Bertz CT molecular complexity index is 921. The van der Waals surface area contributed by atoms with Gasteiger partial charge in [0.2, 0.25) is 5.91 Å². The number of aryl methyl sites for hydroxylation is 1. The zero-order chi connectivity index (χ0) is 20.7. The topological polar surface area (TPSA) is 110 Å². The number of benzene rings is 1. The summed E-state index contributed by atoms with van der Waals surface area (Å²) in [6.07, 6.45) is 0.658. The van der Waals surface area contributed by atoms with Crippen LogP contribution in [0.3, 0.4) is 0 Å². The molecule has 9 heteroatoms. The molecule has 0 radical (unpaired) electrons. The predicted octanol–water partition coefficient (Wildman–Crippen LogP) is 1.61. The van der Waals surface area contributed by atoms with Crippen LogP contribution in [0.1, 0.15) is 18.9 Å². The first kappa shape index (κ1) is 21.8. The Hall–Kier alpha value is -2.52. The lowest BCUT2D eigenvalue weighted by atomic mass is 10.2. The van der Waals surface area contributed by atoms with Crippen molar-refractivity contribution < 1.29 is 9.53 Å². The summed E-state index contributed by atoms with van der Waals surface area (Å²) < 4.78 is 6.35. The molecule has 2 rings (SSSR count). The van der Waals surface area contributed by atoms with E-state index in [0.717, 1.165) is 10.5 Å². The van der Waals surface area contributed by atoms with Crippen molar-refractivity contribution in [1.29, 1.82) is 0 Å². The van der Waals surface area contributed by atoms with Gasteiger partial charge in [0.15, 0.2) is 5.69 Å². The van der Waals surface area contributed by atoms with E-state index < -0.39 is 11.2 Å². The number of anilines is 2. The zero-order valence-corrected chi connectivity index (χ0v) is 17.2. The Balaban J connectivity index is 2.33. The molecule has 0 fully saturated rings. The number of hydrogen-bond donors (Lipinski definition) is 2. The fraction of sp³-hybridized carbons (Fsp3) is 0.421. The van der Waals surface area contributed by atoms with Gasteiger partial charge in [0.1, 0.15) is 5.82 Å². The van der Waals surface area contributed by atoms with Gasteiger partial charge in [-0.15, -0.1) is 11.8 Å². The minimum atomic E-state index is -0.681. The number of H-pyrrole nitrogens is 1. The maximum atomic E-state index is 12.9. The van der Waals surface area contributed by atoms with Crippen molar-refractivity contribution in [3.05, 3.63) is 50.7 Å². The largest absolute Gasteiger partial charge is 0.383 e. The maximum Gasteiger partial charge on any atom is 0.330 e. The zero-order valence-electron chi connectivity index (χ0n) is 16.4. The molecule has 0 aliphatic rings. The van der Waals surface area contributed by atoms with E-state index in [1.165, 1.54) is 28.3 Å². The SMILES string of the molecule is CCCn1c(N)c(N(CCOC)C(=O)CSc2ccc(C)cc2)c(=O)[nH]c1=O. The number of carbonyl (C=O) groups is 1. The molecule has 0 atom stereocenters. The van der Waals surface area contributed by atoms with Crippen molar-refractivity contribution >= 4 is 29.2 Å². The first-order chi connectivity index (χ1) is 13.4. The van der Waals surface area contributed by atoms with Gasteiger partial charge < -0.3 is 15.4 Å². The molecule has 8 nitrogen and oxygen atoms in total. The molecule has 0 saturated carbocycles. The molecule has 0 bridgehead atoms. The number of rotatable bonds is 9. The number of amides is 1. The van der Waals surface area contributed by atoms with Crippen molar-refractivity contribution in [2.45, 2.75) is 31.7 Å². The number of aromatic amines is 1. The molecule has 1 aromatic carbocycles. The van der Waals surface area contributed by atoms with Crippen LogP contribution in [0.4, 0.5) is 11.5 Å². The standard InChI is InChI=1S/C19H26N4O4S/c1-4-9-23-17(20)16(18(25)21-19(23)26)22(10-11-27-3)15(24)12-28-14-7-5-13(2)6-8-14/h5-8H,4,9-12,20H2,1-3H3,(H,21,25,26). The van der Waals surface area contributed by atoms with Crippen LogP contribution in [0.25, 0.3) is 0 Å². The van der Waals surface area contributed by atoms with E-state index in [1.54, 1.807) is 0 Å². The Morgan fingerprint density at radius 1 is 1.29 bits per heavy atom. The minimum absolute atomic E-state index is 0.0135. The molecule has 0 spiro atoms. The molecule has 1 heterocycles. The summed E-state index contributed by atoms with van der Waals surface area (Å²) in [5, 5.41) is 0. The average molecular weight is 407 g/mol. The van der Waals surface area contributed by atoms with Crippen molar-refractivity contribution in [3.8, 4) is 0 Å². The van der Waals surface area contributed by atoms with Gasteiger partial charge in [-0.05, 0) is 25.5 Å². The number of thioether (sulfide) groups is 1. The van der Waals surface area contributed by atoms with Gasteiger partial charge in [0.05, 0.1) is 12.4 Å². The van der Waals surface area contributed by atoms with Gasteiger partial charge >= 0.3 is 5.69 Å². The molecule has 1 aromatic heterocycles. The molecule has 0 aliphatic heterocycles.